The molecule has 0 aliphatic heterocycles. The molecule has 0 aliphatic rings. The van der Waals surface area contributed by atoms with Crippen LogP contribution in [-0.2, 0) is 6.54 Å². The quantitative estimate of drug-likeness (QED) is 0.830. The number of rotatable bonds is 7. The molecule has 1 heterocycles. The second kappa shape index (κ2) is 6.89. The minimum atomic E-state index is 0.523. The van der Waals surface area contributed by atoms with Gasteiger partial charge < -0.3 is 14.5 Å². The molecule has 0 saturated carbocycles. The minimum Gasteiger partial charge on any atom is -0.494 e. The maximum absolute atomic E-state index is 5.59. The second-order valence-corrected chi connectivity index (χ2v) is 4.16. The van der Waals surface area contributed by atoms with Crippen LogP contribution in [0.25, 0.3) is 11.5 Å². The van der Waals surface area contributed by atoms with E-state index in [0.717, 1.165) is 24.3 Å². The standard InChI is InChI=1S/C14H19N3O2/c1-3-8-18-12-7-5-6-11(9-12)14-17-16-13(19-14)10-15-4-2/h5-7,9,15H,3-4,8,10H2,1-2H3. The number of hydrogen-bond acceptors (Lipinski definition) is 5. The summed E-state index contributed by atoms with van der Waals surface area (Å²) in [4.78, 5) is 0. The van der Waals surface area contributed by atoms with Gasteiger partial charge in [0, 0.05) is 5.56 Å². The van der Waals surface area contributed by atoms with Gasteiger partial charge in [-0.05, 0) is 31.2 Å². The summed E-state index contributed by atoms with van der Waals surface area (Å²) in [6.45, 7) is 6.28. The third kappa shape index (κ3) is 3.79. The summed E-state index contributed by atoms with van der Waals surface area (Å²) >= 11 is 0. The molecular weight excluding hydrogens is 242 g/mol. The molecule has 0 atom stereocenters. The molecule has 5 nitrogen and oxygen atoms in total. The van der Waals surface area contributed by atoms with E-state index in [-0.39, 0.29) is 0 Å². The fourth-order valence-corrected chi connectivity index (χ4v) is 1.61. The summed E-state index contributed by atoms with van der Waals surface area (Å²) in [5, 5.41) is 11.2. The predicted molar refractivity (Wildman–Crippen MR) is 72.9 cm³/mol. The highest BCUT2D eigenvalue weighted by molar-refractivity contribution is 5.55. The Kier molecular flexibility index (Phi) is 4.92. The van der Waals surface area contributed by atoms with Gasteiger partial charge in [0.15, 0.2) is 0 Å². The van der Waals surface area contributed by atoms with Crippen molar-refractivity contribution < 1.29 is 9.15 Å². The van der Waals surface area contributed by atoms with Crippen molar-refractivity contribution in [2.24, 2.45) is 0 Å². The van der Waals surface area contributed by atoms with Crippen LogP contribution >= 0.6 is 0 Å². The van der Waals surface area contributed by atoms with Gasteiger partial charge in [-0.1, -0.05) is 19.9 Å². The van der Waals surface area contributed by atoms with Crippen LogP contribution in [0.15, 0.2) is 28.7 Å². The molecule has 0 fully saturated rings. The lowest BCUT2D eigenvalue weighted by atomic mass is 10.2. The molecular formula is C14H19N3O2. The molecule has 19 heavy (non-hydrogen) atoms. The number of hydrogen-bond donors (Lipinski definition) is 1. The van der Waals surface area contributed by atoms with Crippen molar-refractivity contribution >= 4 is 0 Å². The summed E-state index contributed by atoms with van der Waals surface area (Å²) in [7, 11) is 0. The molecule has 5 heteroatoms. The zero-order valence-corrected chi connectivity index (χ0v) is 11.3. The Morgan fingerprint density at radius 3 is 2.95 bits per heavy atom. The molecule has 0 radical (unpaired) electrons. The van der Waals surface area contributed by atoms with E-state index in [1.54, 1.807) is 0 Å². The average molecular weight is 261 g/mol. The van der Waals surface area contributed by atoms with Gasteiger partial charge in [-0.2, -0.15) is 0 Å². The molecule has 102 valence electrons. The molecule has 2 aromatic rings. The minimum absolute atomic E-state index is 0.523. The first-order valence-corrected chi connectivity index (χ1v) is 6.59. The first-order chi connectivity index (χ1) is 9.33. The van der Waals surface area contributed by atoms with Crippen molar-refractivity contribution in [3.63, 3.8) is 0 Å². The number of aromatic nitrogens is 2. The maximum Gasteiger partial charge on any atom is 0.247 e. The van der Waals surface area contributed by atoms with Crippen LogP contribution in [0.5, 0.6) is 5.75 Å². The molecule has 0 saturated heterocycles. The Morgan fingerprint density at radius 1 is 1.26 bits per heavy atom. The zero-order chi connectivity index (χ0) is 13.5. The van der Waals surface area contributed by atoms with E-state index in [2.05, 4.69) is 22.4 Å². The molecule has 1 aromatic carbocycles. The Morgan fingerprint density at radius 2 is 2.16 bits per heavy atom. The first kappa shape index (κ1) is 13.5. The van der Waals surface area contributed by atoms with Gasteiger partial charge in [0.2, 0.25) is 11.8 Å². The van der Waals surface area contributed by atoms with Crippen molar-refractivity contribution in [1.82, 2.24) is 15.5 Å². The summed E-state index contributed by atoms with van der Waals surface area (Å²) in [5.74, 6) is 1.94. The van der Waals surface area contributed by atoms with E-state index in [1.807, 2.05) is 31.2 Å². The highest BCUT2D eigenvalue weighted by Gasteiger charge is 2.08. The number of nitrogens with one attached hydrogen (secondary N) is 1. The van der Waals surface area contributed by atoms with E-state index in [9.17, 15) is 0 Å². The van der Waals surface area contributed by atoms with Crippen LogP contribution in [0.1, 0.15) is 26.2 Å². The van der Waals surface area contributed by atoms with Crippen LogP contribution in [0.2, 0.25) is 0 Å². The van der Waals surface area contributed by atoms with E-state index < -0.39 is 0 Å². The Bertz CT molecular complexity index is 511. The van der Waals surface area contributed by atoms with E-state index in [4.69, 9.17) is 9.15 Å². The fraction of sp³-hybridized carbons (Fsp3) is 0.429. The first-order valence-electron chi connectivity index (χ1n) is 6.59. The Balaban J connectivity index is 2.10. The van der Waals surface area contributed by atoms with Crippen LogP contribution in [0.3, 0.4) is 0 Å². The molecule has 0 amide bonds. The van der Waals surface area contributed by atoms with E-state index in [1.165, 1.54) is 0 Å². The highest BCUT2D eigenvalue weighted by atomic mass is 16.5. The van der Waals surface area contributed by atoms with Gasteiger partial charge in [0.05, 0.1) is 13.2 Å². The summed E-state index contributed by atoms with van der Waals surface area (Å²) < 4.78 is 11.2. The third-order valence-corrected chi connectivity index (χ3v) is 2.55. The second-order valence-electron chi connectivity index (χ2n) is 4.16. The lowest BCUT2D eigenvalue weighted by molar-refractivity contribution is 0.317. The van der Waals surface area contributed by atoms with E-state index in [0.29, 0.717) is 24.9 Å². The molecule has 1 aromatic heterocycles. The molecule has 2 rings (SSSR count). The van der Waals surface area contributed by atoms with Crippen molar-refractivity contribution in [3.05, 3.63) is 30.2 Å². The molecule has 0 aliphatic carbocycles. The van der Waals surface area contributed by atoms with Gasteiger partial charge in [0.25, 0.3) is 0 Å². The van der Waals surface area contributed by atoms with Gasteiger partial charge in [-0.3, -0.25) is 0 Å². The van der Waals surface area contributed by atoms with E-state index >= 15 is 0 Å². The largest absolute Gasteiger partial charge is 0.494 e. The van der Waals surface area contributed by atoms with Gasteiger partial charge in [-0.25, -0.2) is 0 Å². The molecule has 1 N–H and O–H groups in total. The van der Waals surface area contributed by atoms with Crippen LogP contribution < -0.4 is 10.1 Å². The van der Waals surface area contributed by atoms with Crippen LogP contribution in [0, 0.1) is 0 Å². The van der Waals surface area contributed by atoms with Crippen molar-refractivity contribution in [2.45, 2.75) is 26.8 Å². The van der Waals surface area contributed by atoms with Gasteiger partial charge in [-0.15, -0.1) is 10.2 Å². The van der Waals surface area contributed by atoms with Gasteiger partial charge in [0.1, 0.15) is 5.75 Å². The topological polar surface area (TPSA) is 60.2 Å². The highest BCUT2D eigenvalue weighted by Crippen LogP contribution is 2.22. The SMILES string of the molecule is CCCOc1cccc(-c2nnc(CNCC)o2)c1. The lowest BCUT2D eigenvalue weighted by Crippen LogP contribution is -2.11. The Hall–Kier alpha value is -1.88. The van der Waals surface area contributed by atoms with Crippen LogP contribution in [0.4, 0.5) is 0 Å². The number of benzene rings is 1. The maximum atomic E-state index is 5.59. The molecule has 0 bridgehead atoms. The predicted octanol–water partition coefficient (Wildman–Crippen LogP) is 2.63. The smallest absolute Gasteiger partial charge is 0.247 e. The van der Waals surface area contributed by atoms with Crippen molar-refractivity contribution in [2.75, 3.05) is 13.2 Å². The third-order valence-electron chi connectivity index (χ3n) is 2.55. The normalized spacial score (nSPS) is 10.6. The Labute approximate surface area is 113 Å². The zero-order valence-electron chi connectivity index (χ0n) is 11.3. The lowest BCUT2D eigenvalue weighted by Gasteiger charge is -2.04. The van der Waals surface area contributed by atoms with Crippen LogP contribution in [-0.4, -0.2) is 23.3 Å². The number of nitrogens with zero attached hydrogens (tertiary/aromatic N) is 2. The molecule has 0 unspecified atom stereocenters. The summed E-state index contributed by atoms with van der Waals surface area (Å²) in [5.41, 5.74) is 0.879. The molecule has 0 spiro atoms. The van der Waals surface area contributed by atoms with Gasteiger partial charge >= 0.3 is 0 Å². The number of ether oxygens (including phenoxy) is 1. The summed E-state index contributed by atoms with van der Waals surface area (Å²) in [6.07, 6.45) is 0.984. The van der Waals surface area contributed by atoms with Crippen molar-refractivity contribution in [1.29, 1.82) is 0 Å². The fourth-order valence-electron chi connectivity index (χ4n) is 1.61. The van der Waals surface area contributed by atoms with Crippen molar-refractivity contribution in [3.8, 4) is 17.2 Å². The average Bonchev–Trinajstić information content (AvgIpc) is 2.92. The monoisotopic (exact) mass is 261 g/mol. The summed E-state index contributed by atoms with van der Waals surface area (Å²) in [6, 6.07) is 7.70.